The van der Waals surface area contributed by atoms with Crippen LogP contribution >= 0.6 is 15.9 Å². The number of carboxylic acid groups (broad SMARTS) is 1. The van der Waals surface area contributed by atoms with Gasteiger partial charge < -0.3 is 9.63 Å². The molecule has 0 saturated heterocycles. The van der Waals surface area contributed by atoms with E-state index < -0.39 is 22.6 Å². The topological polar surface area (TPSA) is 97.5 Å². The van der Waals surface area contributed by atoms with Crippen molar-refractivity contribution in [2.75, 3.05) is 6.26 Å². The van der Waals surface area contributed by atoms with Crippen LogP contribution in [0.3, 0.4) is 0 Å². The van der Waals surface area contributed by atoms with Gasteiger partial charge in [0.15, 0.2) is 11.5 Å². The Balaban J connectivity index is 2.11. The van der Waals surface area contributed by atoms with E-state index in [-0.39, 0.29) is 22.9 Å². The number of hydrogen-bond acceptors (Lipinski definition) is 5. The summed E-state index contributed by atoms with van der Waals surface area (Å²) >= 11 is 3.33. The summed E-state index contributed by atoms with van der Waals surface area (Å²) in [6, 6.07) is 5.02. The molecule has 1 heterocycles. The average Bonchev–Trinajstić information content (AvgIpc) is 3.24. The first kappa shape index (κ1) is 17.0. The number of aromatic carboxylic acids is 1. The number of carbonyl (C=O) groups excluding carboxylic acids is 1. The van der Waals surface area contributed by atoms with E-state index in [2.05, 4.69) is 21.1 Å². The van der Waals surface area contributed by atoms with Crippen molar-refractivity contribution in [3.05, 3.63) is 50.8 Å². The number of ketones is 1. The van der Waals surface area contributed by atoms with Crippen LogP contribution in [0.1, 0.15) is 56.5 Å². The first-order valence-electron chi connectivity index (χ1n) is 7.24. The molecule has 1 aromatic carbocycles. The Hall–Kier alpha value is -1.80. The Labute approximate surface area is 148 Å². The monoisotopic (exact) mass is 411 g/mol. The van der Waals surface area contributed by atoms with Gasteiger partial charge in [-0.25, -0.2) is 4.79 Å². The number of rotatable bonds is 6. The predicted octanol–water partition coefficient (Wildman–Crippen LogP) is 3.12. The number of carbonyl (C=O) groups is 2. The molecule has 24 heavy (non-hydrogen) atoms. The molecule has 1 saturated carbocycles. The fourth-order valence-electron chi connectivity index (χ4n) is 2.55. The second-order valence-electron chi connectivity index (χ2n) is 5.70. The molecule has 0 aliphatic heterocycles. The zero-order valence-electron chi connectivity index (χ0n) is 12.7. The summed E-state index contributed by atoms with van der Waals surface area (Å²) in [4.78, 5) is 24.4. The molecule has 1 aromatic heterocycles. The molecule has 1 aliphatic carbocycles. The molecule has 1 N–H and O–H groups in total. The maximum absolute atomic E-state index is 13.0. The van der Waals surface area contributed by atoms with Crippen LogP contribution in [0.25, 0.3) is 0 Å². The molecule has 3 rings (SSSR count). The van der Waals surface area contributed by atoms with Gasteiger partial charge in [0.1, 0.15) is 5.56 Å². The second kappa shape index (κ2) is 6.60. The van der Waals surface area contributed by atoms with E-state index in [1.807, 2.05) is 0 Å². The number of carboxylic acids is 1. The van der Waals surface area contributed by atoms with Crippen molar-refractivity contribution in [2.24, 2.45) is 0 Å². The van der Waals surface area contributed by atoms with E-state index in [1.54, 1.807) is 24.5 Å². The minimum absolute atomic E-state index is 0.00968. The van der Waals surface area contributed by atoms with Gasteiger partial charge in [0.05, 0.1) is 0 Å². The normalized spacial score (nSPS) is 15.2. The summed E-state index contributed by atoms with van der Waals surface area (Å²) in [5.41, 5.74) is 0.555. The van der Waals surface area contributed by atoms with Gasteiger partial charge in [-0.3, -0.25) is 9.00 Å². The minimum atomic E-state index is -1.30. The number of benzene rings is 1. The molecule has 6 nitrogen and oxygen atoms in total. The number of halogens is 1. The molecule has 126 valence electrons. The number of aromatic nitrogens is 1. The summed E-state index contributed by atoms with van der Waals surface area (Å²) in [7, 11) is -1.14. The van der Waals surface area contributed by atoms with E-state index in [1.165, 1.54) is 0 Å². The van der Waals surface area contributed by atoms with Crippen molar-refractivity contribution in [3.8, 4) is 0 Å². The lowest BCUT2D eigenvalue weighted by atomic mass is 9.96. The summed E-state index contributed by atoms with van der Waals surface area (Å²) in [5, 5.41) is 12.9. The van der Waals surface area contributed by atoms with Crippen LogP contribution in [-0.4, -0.2) is 32.5 Å². The lowest BCUT2D eigenvalue weighted by molar-refractivity contribution is 0.0682. The lowest BCUT2D eigenvalue weighted by Crippen LogP contribution is -2.13. The van der Waals surface area contributed by atoms with Crippen molar-refractivity contribution in [1.82, 2.24) is 5.16 Å². The predicted molar refractivity (Wildman–Crippen MR) is 90.8 cm³/mol. The highest BCUT2D eigenvalue weighted by molar-refractivity contribution is 9.10. The summed E-state index contributed by atoms with van der Waals surface area (Å²) in [5.74, 6) is -1.17. The maximum atomic E-state index is 13.0. The summed E-state index contributed by atoms with van der Waals surface area (Å²) in [6.45, 7) is 0. The maximum Gasteiger partial charge on any atom is 0.358 e. The molecule has 0 radical (unpaired) electrons. The highest BCUT2D eigenvalue weighted by atomic mass is 79.9. The fourth-order valence-corrected chi connectivity index (χ4v) is 3.63. The van der Waals surface area contributed by atoms with Gasteiger partial charge in [-0.1, -0.05) is 21.1 Å². The second-order valence-corrected chi connectivity index (χ2v) is 8.05. The molecule has 8 heteroatoms. The largest absolute Gasteiger partial charge is 0.476 e. The van der Waals surface area contributed by atoms with Crippen LogP contribution in [0.5, 0.6) is 0 Å². The molecule has 0 amide bonds. The van der Waals surface area contributed by atoms with Crippen molar-refractivity contribution in [2.45, 2.75) is 24.5 Å². The standard InChI is InChI=1S/C16H14BrNO5S/c1-24(22)7-9-6-10(17)4-5-11(9)14(19)12-13(16(20)21)18-23-15(12)8-2-3-8/h4-6,8H,2-3,7H2,1H3,(H,20,21). The zero-order chi connectivity index (χ0) is 17.4. The quantitative estimate of drug-likeness (QED) is 0.733. The van der Waals surface area contributed by atoms with Gasteiger partial charge >= 0.3 is 5.97 Å². The van der Waals surface area contributed by atoms with Gasteiger partial charge in [-0.15, -0.1) is 0 Å². The third-order valence-electron chi connectivity index (χ3n) is 3.77. The van der Waals surface area contributed by atoms with Crippen molar-refractivity contribution >= 4 is 38.5 Å². The average molecular weight is 412 g/mol. The Morgan fingerprint density at radius 2 is 2.12 bits per heavy atom. The van der Waals surface area contributed by atoms with Crippen LogP contribution in [0.4, 0.5) is 0 Å². The van der Waals surface area contributed by atoms with Crippen LogP contribution in [0, 0.1) is 0 Å². The first-order valence-corrected chi connectivity index (χ1v) is 9.76. The molecule has 1 unspecified atom stereocenters. The highest BCUT2D eigenvalue weighted by Gasteiger charge is 2.37. The third-order valence-corrected chi connectivity index (χ3v) is 4.98. The number of nitrogens with zero attached hydrogens (tertiary/aromatic N) is 1. The highest BCUT2D eigenvalue weighted by Crippen LogP contribution is 2.43. The molecule has 2 aromatic rings. The Morgan fingerprint density at radius 1 is 1.42 bits per heavy atom. The van der Waals surface area contributed by atoms with Crippen LogP contribution < -0.4 is 0 Å². The van der Waals surface area contributed by atoms with Crippen molar-refractivity contribution in [3.63, 3.8) is 0 Å². The molecule has 0 bridgehead atoms. The van der Waals surface area contributed by atoms with E-state index >= 15 is 0 Å². The van der Waals surface area contributed by atoms with Gasteiger partial charge in [0.2, 0.25) is 5.69 Å². The molecule has 1 aliphatic rings. The Morgan fingerprint density at radius 3 is 2.71 bits per heavy atom. The third kappa shape index (κ3) is 3.34. The van der Waals surface area contributed by atoms with Gasteiger partial charge in [-0.2, -0.15) is 0 Å². The summed E-state index contributed by atoms with van der Waals surface area (Å²) in [6.07, 6.45) is 3.24. The van der Waals surface area contributed by atoms with E-state index in [0.29, 0.717) is 16.9 Å². The van der Waals surface area contributed by atoms with Gasteiger partial charge in [-0.05, 0) is 36.6 Å². The first-order chi connectivity index (χ1) is 11.4. The fraction of sp³-hybridized carbons (Fsp3) is 0.312. The molecular weight excluding hydrogens is 398 g/mol. The zero-order valence-corrected chi connectivity index (χ0v) is 15.1. The van der Waals surface area contributed by atoms with Crippen LogP contribution in [0.2, 0.25) is 0 Å². The molecular formula is C16H14BrNO5S. The SMILES string of the molecule is CS(=O)Cc1cc(Br)ccc1C(=O)c1c(C(=O)O)noc1C1CC1. The van der Waals surface area contributed by atoms with Crippen LogP contribution in [0.15, 0.2) is 27.2 Å². The summed E-state index contributed by atoms with van der Waals surface area (Å²) < 4.78 is 17.5. The Kier molecular flexibility index (Phi) is 4.69. The molecule has 1 fully saturated rings. The van der Waals surface area contributed by atoms with E-state index in [9.17, 15) is 18.9 Å². The smallest absolute Gasteiger partial charge is 0.358 e. The van der Waals surface area contributed by atoms with Crippen molar-refractivity contribution in [1.29, 1.82) is 0 Å². The van der Waals surface area contributed by atoms with E-state index in [0.717, 1.165) is 17.3 Å². The van der Waals surface area contributed by atoms with Gasteiger partial charge in [0, 0.05) is 38.8 Å². The van der Waals surface area contributed by atoms with Crippen molar-refractivity contribution < 1.29 is 23.4 Å². The minimum Gasteiger partial charge on any atom is -0.476 e. The molecule has 0 spiro atoms. The number of hydrogen-bond donors (Lipinski definition) is 1. The lowest BCUT2D eigenvalue weighted by Gasteiger charge is -2.09. The van der Waals surface area contributed by atoms with E-state index in [4.69, 9.17) is 4.52 Å². The Bertz CT molecular complexity index is 856. The molecule has 1 atom stereocenters. The van der Waals surface area contributed by atoms with Crippen LogP contribution in [-0.2, 0) is 16.6 Å². The van der Waals surface area contributed by atoms with Gasteiger partial charge in [0.25, 0.3) is 0 Å².